The lowest BCUT2D eigenvalue weighted by molar-refractivity contribution is 0.100. The van der Waals surface area contributed by atoms with E-state index < -0.39 is 5.91 Å². The second-order valence-electron chi connectivity index (χ2n) is 3.02. The highest BCUT2D eigenvalue weighted by molar-refractivity contribution is 6.31. The van der Waals surface area contributed by atoms with E-state index in [1.165, 1.54) is 0 Å². The number of amides is 1. The molecule has 0 bridgehead atoms. The number of hydrogen-bond donors (Lipinski definition) is 2. The minimum atomic E-state index is -0.490. The molecule has 0 saturated heterocycles. The second kappa shape index (κ2) is 3.74. The number of nitrogens with one attached hydrogen (secondary N) is 1. The van der Waals surface area contributed by atoms with Crippen LogP contribution in [-0.2, 0) is 0 Å². The van der Waals surface area contributed by atoms with Crippen LogP contribution < -0.4 is 5.73 Å². The summed E-state index contributed by atoms with van der Waals surface area (Å²) in [7, 11) is 0. The van der Waals surface area contributed by atoms with Crippen LogP contribution in [0.25, 0.3) is 11.3 Å². The molecule has 0 aliphatic carbocycles. The highest BCUT2D eigenvalue weighted by Crippen LogP contribution is 2.24. The Hall–Kier alpha value is -1.81. The van der Waals surface area contributed by atoms with Crippen LogP contribution in [0.2, 0.25) is 5.02 Å². The number of aromatic nitrogens is 2. The first-order valence-electron chi connectivity index (χ1n) is 4.27. The second-order valence-corrected chi connectivity index (χ2v) is 3.46. The number of benzene rings is 1. The summed E-state index contributed by atoms with van der Waals surface area (Å²) in [5, 5.41) is 7.11. The minimum absolute atomic E-state index is 0.420. The van der Waals surface area contributed by atoms with Gasteiger partial charge in [0, 0.05) is 22.3 Å². The van der Waals surface area contributed by atoms with Gasteiger partial charge >= 0.3 is 0 Å². The molecule has 0 radical (unpaired) electrons. The largest absolute Gasteiger partial charge is 0.366 e. The molecular weight excluding hydrogens is 214 g/mol. The fraction of sp³-hybridized carbons (Fsp3) is 0. The van der Waals surface area contributed by atoms with Crippen molar-refractivity contribution < 1.29 is 4.79 Å². The van der Waals surface area contributed by atoms with E-state index in [1.807, 2.05) is 0 Å². The molecule has 0 saturated carbocycles. The molecule has 15 heavy (non-hydrogen) atoms. The van der Waals surface area contributed by atoms with Crippen molar-refractivity contribution in [3.05, 3.63) is 41.0 Å². The minimum Gasteiger partial charge on any atom is -0.366 e. The zero-order valence-electron chi connectivity index (χ0n) is 7.70. The lowest BCUT2D eigenvalue weighted by Gasteiger charge is -2.04. The Labute approximate surface area is 91.1 Å². The van der Waals surface area contributed by atoms with Crippen molar-refractivity contribution in [3.63, 3.8) is 0 Å². The first kappa shape index (κ1) is 9.73. The molecule has 0 aliphatic rings. The number of halogens is 1. The van der Waals surface area contributed by atoms with Crippen LogP contribution in [0.3, 0.4) is 0 Å². The molecule has 0 spiro atoms. The normalized spacial score (nSPS) is 10.2. The average Bonchev–Trinajstić information content (AvgIpc) is 2.69. The van der Waals surface area contributed by atoms with Crippen LogP contribution in [-0.4, -0.2) is 16.1 Å². The molecule has 3 N–H and O–H groups in total. The SMILES string of the molecule is NC(=O)c1ccc(Cl)cc1-c1ccn[nH]1. The van der Waals surface area contributed by atoms with Gasteiger partial charge in [-0.3, -0.25) is 9.89 Å². The van der Waals surface area contributed by atoms with Gasteiger partial charge in [-0.15, -0.1) is 0 Å². The summed E-state index contributed by atoms with van der Waals surface area (Å²) in [6.07, 6.45) is 1.60. The van der Waals surface area contributed by atoms with Gasteiger partial charge < -0.3 is 5.73 Å². The number of primary amides is 1. The monoisotopic (exact) mass is 221 g/mol. The van der Waals surface area contributed by atoms with Gasteiger partial charge in [-0.2, -0.15) is 5.10 Å². The molecule has 1 aromatic heterocycles. The van der Waals surface area contributed by atoms with Gasteiger partial charge in [0.2, 0.25) is 5.91 Å². The van der Waals surface area contributed by atoms with Crippen molar-refractivity contribution in [1.29, 1.82) is 0 Å². The highest BCUT2D eigenvalue weighted by atomic mass is 35.5. The van der Waals surface area contributed by atoms with Crippen molar-refractivity contribution >= 4 is 17.5 Å². The molecule has 0 aliphatic heterocycles. The van der Waals surface area contributed by atoms with E-state index >= 15 is 0 Å². The lowest BCUT2D eigenvalue weighted by Crippen LogP contribution is -2.12. The van der Waals surface area contributed by atoms with E-state index in [0.29, 0.717) is 21.8 Å². The third kappa shape index (κ3) is 1.85. The molecule has 76 valence electrons. The number of rotatable bonds is 2. The lowest BCUT2D eigenvalue weighted by atomic mass is 10.0. The van der Waals surface area contributed by atoms with Gasteiger partial charge in [0.1, 0.15) is 0 Å². The smallest absolute Gasteiger partial charge is 0.249 e. The maximum Gasteiger partial charge on any atom is 0.249 e. The van der Waals surface area contributed by atoms with Gasteiger partial charge in [0.25, 0.3) is 0 Å². The number of nitrogens with two attached hydrogens (primary N) is 1. The van der Waals surface area contributed by atoms with Crippen LogP contribution in [0.15, 0.2) is 30.5 Å². The van der Waals surface area contributed by atoms with E-state index in [0.717, 1.165) is 0 Å². The zero-order chi connectivity index (χ0) is 10.8. The van der Waals surface area contributed by atoms with Crippen LogP contribution in [0.1, 0.15) is 10.4 Å². The number of hydrogen-bond acceptors (Lipinski definition) is 2. The van der Waals surface area contributed by atoms with E-state index in [2.05, 4.69) is 10.2 Å². The quantitative estimate of drug-likeness (QED) is 0.812. The Morgan fingerprint density at radius 3 is 2.80 bits per heavy atom. The molecule has 0 atom stereocenters. The first-order chi connectivity index (χ1) is 7.18. The van der Waals surface area contributed by atoms with Crippen molar-refractivity contribution in [2.45, 2.75) is 0 Å². The highest BCUT2D eigenvalue weighted by Gasteiger charge is 2.11. The van der Waals surface area contributed by atoms with Gasteiger partial charge in [0.05, 0.1) is 5.69 Å². The third-order valence-corrected chi connectivity index (χ3v) is 2.27. The van der Waals surface area contributed by atoms with Crippen molar-refractivity contribution in [1.82, 2.24) is 10.2 Å². The van der Waals surface area contributed by atoms with Crippen molar-refractivity contribution in [3.8, 4) is 11.3 Å². The fourth-order valence-electron chi connectivity index (χ4n) is 1.36. The van der Waals surface area contributed by atoms with Crippen LogP contribution in [0.4, 0.5) is 0 Å². The van der Waals surface area contributed by atoms with Crippen LogP contribution in [0, 0.1) is 0 Å². The van der Waals surface area contributed by atoms with Gasteiger partial charge in [0.15, 0.2) is 0 Å². The summed E-state index contributed by atoms with van der Waals surface area (Å²) >= 11 is 5.85. The fourth-order valence-corrected chi connectivity index (χ4v) is 1.53. The van der Waals surface area contributed by atoms with E-state index in [1.54, 1.807) is 30.5 Å². The summed E-state index contributed by atoms with van der Waals surface area (Å²) in [5.41, 5.74) is 7.05. The molecule has 5 heteroatoms. The van der Waals surface area contributed by atoms with Gasteiger partial charge in [-0.25, -0.2) is 0 Å². The molecule has 1 heterocycles. The molecule has 0 unspecified atom stereocenters. The predicted molar refractivity (Wildman–Crippen MR) is 57.6 cm³/mol. The van der Waals surface area contributed by atoms with Crippen molar-refractivity contribution in [2.75, 3.05) is 0 Å². The Morgan fingerprint density at radius 2 is 2.20 bits per heavy atom. The molecule has 2 aromatic rings. The molecule has 4 nitrogen and oxygen atoms in total. The topological polar surface area (TPSA) is 71.8 Å². The Bertz CT molecular complexity index is 493. The summed E-state index contributed by atoms with van der Waals surface area (Å²) in [4.78, 5) is 11.2. The number of nitrogens with zero attached hydrogens (tertiary/aromatic N) is 1. The van der Waals surface area contributed by atoms with Crippen LogP contribution >= 0.6 is 11.6 Å². The molecule has 2 rings (SSSR count). The van der Waals surface area contributed by atoms with E-state index in [9.17, 15) is 4.79 Å². The summed E-state index contributed by atoms with van der Waals surface area (Å²) < 4.78 is 0. The standard InChI is InChI=1S/C10H8ClN3O/c11-6-1-2-7(10(12)15)8(5-6)9-3-4-13-14-9/h1-5H,(H2,12,15)(H,13,14). The van der Waals surface area contributed by atoms with E-state index in [4.69, 9.17) is 17.3 Å². The summed E-state index contributed by atoms with van der Waals surface area (Å²) in [6, 6.07) is 6.65. The number of carbonyl (C=O) groups excluding carboxylic acids is 1. The van der Waals surface area contributed by atoms with Crippen molar-refractivity contribution in [2.24, 2.45) is 5.73 Å². The third-order valence-electron chi connectivity index (χ3n) is 2.04. The zero-order valence-corrected chi connectivity index (χ0v) is 8.45. The summed E-state index contributed by atoms with van der Waals surface area (Å²) in [6.45, 7) is 0. The van der Waals surface area contributed by atoms with Gasteiger partial charge in [-0.05, 0) is 24.3 Å². The number of carbonyl (C=O) groups is 1. The predicted octanol–water partition coefficient (Wildman–Crippen LogP) is 1.83. The maximum atomic E-state index is 11.2. The maximum absolute atomic E-state index is 11.2. The summed E-state index contributed by atoms with van der Waals surface area (Å²) in [5.74, 6) is -0.490. The Morgan fingerprint density at radius 1 is 1.40 bits per heavy atom. The molecule has 1 aromatic carbocycles. The average molecular weight is 222 g/mol. The first-order valence-corrected chi connectivity index (χ1v) is 4.65. The van der Waals surface area contributed by atoms with Gasteiger partial charge in [-0.1, -0.05) is 11.6 Å². The van der Waals surface area contributed by atoms with E-state index in [-0.39, 0.29) is 0 Å². The Kier molecular flexibility index (Phi) is 2.43. The molecular formula is C10H8ClN3O. The van der Waals surface area contributed by atoms with Crippen LogP contribution in [0.5, 0.6) is 0 Å². The number of aromatic amines is 1. The molecule has 1 amide bonds. The number of H-pyrrole nitrogens is 1. The molecule has 0 fully saturated rings. The Balaban J connectivity index is 2.63.